The van der Waals surface area contributed by atoms with Crippen LogP contribution in [0, 0.1) is 5.41 Å². The number of hydrogen-bond donors (Lipinski definition) is 1. The Hall–Kier alpha value is -0.120. The highest BCUT2D eigenvalue weighted by Crippen LogP contribution is 2.27. The van der Waals surface area contributed by atoms with Crippen LogP contribution in [0.3, 0.4) is 0 Å². The van der Waals surface area contributed by atoms with Gasteiger partial charge < -0.3 is 10.5 Å². The van der Waals surface area contributed by atoms with E-state index in [0.717, 1.165) is 32.7 Å². The van der Waals surface area contributed by atoms with Crippen LogP contribution in [-0.4, -0.2) is 43.3 Å². The summed E-state index contributed by atoms with van der Waals surface area (Å²) in [5, 5.41) is 0. The normalized spacial score (nSPS) is 26.6. The number of morpholine rings is 1. The van der Waals surface area contributed by atoms with E-state index in [4.69, 9.17) is 10.5 Å². The van der Waals surface area contributed by atoms with Crippen LogP contribution in [0.2, 0.25) is 0 Å². The van der Waals surface area contributed by atoms with Gasteiger partial charge in [-0.1, -0.05) is 27.7 Å². The second kappa shape index (κ2) is 5.28. The lowest BCUT2D eigenvalue weighted by atomic mass is 9.84. The molecule has 0 spiro atoms. The van der Waals surface area contributed by atoms with Crippen molar-refractivity contribution >= 4 is 0 Å². The first kappa shape index (κ1) is 12.9. The molecule has 0 bridgehead atoms. The van der Waals surface area contributed by atoms with Gasteiger partial charge in [0.25, 0.3) is 0 Å². The zero-order valence-electron chi connectivity index (χ0n) is 10.6. The average Bonchev–Trinajstić information content (AvgIpc) is 2.17. The van der Waals surface area contributed by atoms with Crippen molar-refractivity contribution in [3.05, 3.63) is 0 Å². The van der Waals surface area contributed by atoms with Gasteiger partial charge in [-0.3, -0.25) is 4.90 Å². The fourth-order valence-corrected chi connectivity index (χ4v) is 2.42. The molecular formula is C12H26N2O. The average molecular weight is 214 g/mol. The molecule has 1 fully saturated rings. The molecule has 0 aromatic carbocycles. The first-order valence-electron chi connectivity index (χ1n) is 6.04. The van der Waals surface area contributed by atoms with E-state index in [0.29, 0.717) is 12.1 Å². The molecule has 15 heavy (non-hydrogen) atoms. The largest absolute Gasteiger partial charge is 0.378 e. The number of nitrogens with two attached hydrogens (primary N) is 1. The molecule has 0 aromatic heterocycles. The molecule has 0 aliphatic carbocycles. The first-order chi connectivity index (χ1) is 7.00. The Bertz CT molecular complexity index is 189. The molecule has 1 aliphatic heterocycles. The lowest BCUT2D eigenvalue weighted by Gasteiger charge is -2.45. The van der Waals surface area contributed by atoms with Crippen LogP contribution < -0.4 is 5.73 Å². The molecular weight excluding hydrogens is 188 g/mol. The van der Waals surface area contributed by atoms with Crippen molar-refractivity contribution in [2.45, 2.75) is 46.2 Å². The molecule has 0 amide bonds. The minimum absolute atomic E-state index is 0.250. The summed E-state index contributed by atoms with van der Waals surface area (Å²) in [5.74, 6) is 0. The van der Waals surface area contributed by atoms with E-state index in [-0.39, 0.29) is 5.41 Å². The molecule has 1 rings (SSSR count). The predicted molar refractivity (Wildman–Crippen MR) is 63.9 cm³/mol. The van der Waals surface area contributed by atoms with E-state index in [1.165, 1.54) is 0 Å². The Morgan fingerprint density at radius 1 is 1.47 bits per heavy atom. The molecule has 0 radical (unpaired) electrons. The van der Waals surface area contributed by atoms with Crippen LogP contribution in [0.1, 0.15) is 34.1 Å². The van der Waals surface area contributed by atoms with Crippen LogP contribution in [0.25, 0.3) is 0 Å². The van der Waals surface area contributed by atoms with Crippen LogP contribution in [0.5, 0.6) is 0 Å². The van der Waals surface area contributed by atoms with Crippen LogP contribution in [0.15, 0.2) is 0 Å². The van der Waals surface area contributed by atoms with E-state index >= 15 is 0 Å². The van der Waals surface area contributed by atoms with Gasteiger partial charge in [-0.15, -0.1) is 0 Å². The fraction of sp³-hybridized carbons (Fsp3) is 1.00. The van der Waals surface area contributed by atoms with Crippen molar-refractivity contribution in [1.82, 2.24) is 4.90 Å². The van der Waals surface area contributed by atoms with Gasteiger partial charge in [0, 0.05) is 25.2 Å². The smallest absolute Gasteiger partial charge is 0.0622 e. The standard InChI is InChI=1S/C12H26N2O/c1-5-10-9-15-7-6-14(10)11(8-13)12(2,3)4/h10-11H,5-9,13H2,1-4H3. The third-order valence-electron chi connectivity index (χ3n) is 3.37. The first-order valence-corrected chi connectivity index (χ1v) is 6.04. The van der Waals surface area contributed by atoms with Gasteiger partial charge in [0.2, 0.25) is 0 Å². The monoisotopic (exact) mass is 214 g/mol. The Kier molecular flexibility index (Phi) is 4.56. The quantitative estimate of drug-likeness (QED) is 0.773. The van der Waals surface area contributed by atoms with Crippen molar-refractivity contribution < 1.29 is 4.74 Å². The lowest BCUT2D eigenvalue weighted by molar-refractivity contribution is -0.0508. The Morgan fingerprint density at radius 3 is 2.60 bits per heavy atom. The molecule has 1 saturated heterocycles. The lowest BCUT2D eigenvalue weighted by Crippen LogP contribution is -2.57. The van der Waals surface area contributed by atoms with E-state index < -0.39 is 0 Å². The number of hydrogen-bond acceptors (Lipinski definition) is 3. The van der Waals surface area contributed by atoms with Gasteiger partial charge in [-0.25, -0.2) is 0 Å². The molecule has 1 aliphatic rings. The summed E-state index contributed by atoms with van der Waals surface area (Å²) in [7, 11) is 0. The molecule has 3 nitrogen and oxygen atoms in total. The van der Waals surface area contributed by atoms with E-state index in [1.807, 2.05) is 0 Å². The number of nitrogens with zero attached hydrogens (tertiary/aromatic N) is 1. The third-order valence-corrected chi connectivity index (χ3v) is 3.37. The van der Waals surface area contributed by atoms with Gasteiger partial charge in [-0.05, 0) is 11.8 Å². The maximum atomic E-state index is 5.92. The van der Waals surface area contributed by atoms with Crippen molar-refractivity contribution in [2.24, 2.45) is 11.1 Å². The van der Waals surface area contributed by atoms with Gasteiger partial charge in [0.15, 0.2) is 0 Å². The summed E-state index contributed by atoms with van der Waals surface area (Å²) in [6.45, 7) is 12.5. The molecule has 90 valence electrons. The minimum Gasteiger partial charge on any atom is -0.378 e. The summed E-state index contributed by atoms with van der Waals surface area (Å²) < 4.78 is 5.53. The third kappa shape index (κ3) is 3.16. The second-order valence-electron chi connectivity index (χ2n) is 5.49. The highest BCUT2D eigenvalue weighted by Gasteiger charge is 2.34. The zero-order valence-corrected chi connectivity index (χ0v) is 10.6. The van der Waals surface area contributed by atoms with Crippen molar-refractivity contribution in [1.29, 1.82) is 0 Å². The van der Waals surface area contributed by atoms with Crippen LogP contribution >= 0.6 is 0 Å². The molecule has 2 N–H and O–H groups in total. The molecule has 0 aromatic rings. The van der Waals surface area contributed by atoms with Crippen LogP contribution in [-0.2, 0) is 4.74 Å². The second-order valence-corrected chi connectivity index (χ2v) is 5.49. The van der Waals surface area contributed by atoms with Crippen molar-refractivity contribution in [3.8, 4) is 0 Å². The SMILES string of the molecule is CCC1COCCN1C(CN)C(C)(C)C. The maximum Gasteiger partial charge on any atom is 0.0622 e. The fourth-order valence-electron chi connectivity index (χ4n) is 2.42. The molecule has 2 unspecified atom stereocenters. The summed E-state index contributed by atoms with van der Waals surface area (Å²) >= 11 is 0. The Balaban J connectivity index is 2.72. The van der Waals surface area contributed by atoms with Gasteiger partial charge in [0.05, 0.1) is 13.2 Å². The van der Waals surface area contributed by atoms with Gasteiger partial charge >= 0.3 is 0 Å². The van der Waals surface area contributed by atoms with Crippen molar-refractivity contribution in [2.75, 3.05) is 26.3 Å². The summed E-state index contributed by atoms with van der Waals surface area (Å²) in [5.41, 5.74) is 6.17. The van der Waals surface area contributed by atoms with E-state index in [1.54, 1.807) is 0 Å². The number of rotatable bonds is 3. The highest BCUT2D eigenvalue weighted by atomic mass is 16.5. The molecule has 3 heteroatoms. The minimum atomic E-state index is 0.250. The van der Waals surface area contributed by atoms with E-state index in [2.05, 4.69) is 32.6 Å². The summed E-state index contributed by atoms with van der Waals surface area (Å²) in [6, 6.07) is 1.01. The summed E-state index contributed by atoms with van der Waals surface area (Å²) in [4.78, 5) is 2.55. The highest BCUT2D eigenvalue weighted by molar-refractivity contribution is 4.88. The molecule has 1 heterocycles. The topological polar surface area (TPSA) is 38.5 Å². The molecule has 0 saturated carbocycles. The van der Waals surface area contributed by atoms with Gasteiger partial charge in [0.1, 0.15) is 0 Å². The zero-order chi connectivity index (χ0) is 11.5. The predicted octanol–water partition coefficient (Wildman–Crippen LogP) is 1.47. The van der Waals surface area contributed by atoms with Crippen molar-refractivity contribution in [3.63, 3.8) is 0 Å². The summed E-state index contributed by atoms with van der Waals surface area (Å²) in [6.07, 6.45) is 1.15. The van der Waals surface area contributed by atoms with Crippen LogP contribution in [0.4, 0.5) is 0 Å². The number of ether oxygens (including phenoxy) is 1. The van der Waals surface area contributed by atoms with Gasteiger partial charge in [-0.2, -0.15) is 0 Å². The Morgan fingerprint density at radius 2 is 2.13 bits per heavy atom. The Labute approximate surface area is 94.0 Å². The maximum absolute atomic E-state index is 5.92. The molecule has 2 atom stereocenters. The van der Waals surface area contributed by atoms with E-state index in [9.17, 15) is 0 Å².